The van der Waals surface area contributed by atoms with Crippen LogP contribution in [0.4, 0.5) is 0 Å². The molecule has 0 rings (SSSR count). The number of amides is 1. The van der Waals surface area contributed by atoms with E-state index in [2.05, 4.69) is 10.6 Å². The fourth-order valence-electron chi connectivity index (χ4n) is 1.87. The molecule has 0 spiro atoms. The highest BCUT2D eigenvalue weighted by atomic mass is 16.2. The standard InChI is InChI=1S/C13H28N4O2/c1-16-12(7-3-5-9-15)13(19)17-11(10-18)6-2-4-8-14/h10-12,16H,2-9,14-15H2,1H3,(H,17,19). The third-order valence-corrected chi connectivity index (χ3v) is 3.07. The van der Waals surface area contributed by atoms with Crippen molar-refractivity contribution in [3.63, 3.8) is 0 Å². The number of aldehydes is 1. The van der Waals surface area contributed by atoms with Crippen LogP contribution in [0, 0.1) is 0 Å². The van der Waals surface area contributed by atoms with Crippen molar-refractivity contribution in [2.45, 2.75) is 50.6 Å². The van der Waals surface area contributed by atoms with Crippen molar-refractivity contribution in [1.82, 2.24) is 10.6 Å². The van der Waals surface area contributed by atoms with Gasteiger partial charge in [0.15, 0.2) is 0 Å². The molecule has 0 bridgehead atoms. The Hall–Kier alpha value is -0.980. The molecule has 6 heteroatoms. The summed E-state index contributed by atoms with van der Waals surface area (Å²) in [6.07, 6.45) is 5.68. The molecule has 0 aliphatic heterocycles. The fraction of sp³-hybridized carbons (Fsp3) is 0.846. The van der Waals surface area contributed by atoms with Gasteiger partial charge in [-0.1, -0.05) is 6.42 Å². The van der Waals surface area contributed by atoms with Gasteiger partial charge < -0.3 is 26.9 Å². The minimum atomic E-state index is -0.413. The van der Waals surface area contributed by atoms with Gasteiger partial charge in [0.25, 0.3) is 0 Å². The molecule has 0 aliphatic rings. The molecule has 0 aromatic rings. The Labute approximate surface area is 115 Å². The number of hydrogen-bond donors (Lipinski definition) is 4. The second-order valence-electron chi connectivity index (χ2n) is 4.66. The summed E-state index contributed by atoms with van der Waals surface area (Å²) in [5.74, 6) is -0.121. The Bertz CT molecular complexity index is 249. The lowest BCUT2D eigenvalue weighted by molar-refractivity contribution is -0.126. The van der Waals surface area contributed by atoms with Crippen LogP contribution in [0.25, 0.3) is 0 Å². The average Bonchev–Trinajstić information content (AvgIpc) is 2.42. The quantitative estimate of drug-likeness (QED) is 0.283. The van der Waals surface area contributed by atoms with E-state index >= 15 is 0 Å². The maximum Gasteiger partial charge on any atom is 0.237 e. The van der Waals surface area contributed by atoms with Gasteiger partial charge in [-0.05, 0) is 52.2 Å². The number of likely N-dealkylation sites (N-methyl/N-ethyl adjacent to an activating group) is 1. The Kier molecular flexibility index (Phi) is 11.5. The van der Waals surface area contributed by atoms with E-state index in [9.17, 15) is 9.59 Å². The molecule has 0 aromatic heterocycles. The van der Waals surface area contributed by atoms with Crippen LogP contribution in [-0.2, 0) is 9.59 Å². The van der Waals surface area contributed by atoms with Crippen molar-refractivity contribution in [2.75, 3.05) is 20.1 Å². The summed E-state index contributed by atoms with van der Waals surface area (Å²) in [5, 5.41) is 5.73. The van der Waals surface area contributed by atoms with Gasteiger partial charge in [0, 0.05) is 0 Å². The molecule has 0 aromatic carbocycles. The summed E-state index contributed by atoms with van der Waals surface area (Å²) >= 11 is 0. The van der Waals surface area contributed by atoms with E-state index in [1.165, 1.54) is 0 Å². The van der Waals surface area contributed by atoms with E-state index in [-0.39, 0.29) is 11.9 Å². The number of carbonyl (C=O) groups is 2. The highest BCUT2D eigenvalue weighted by Gasteiger charge is 2.19. The summed E-state index contributed by atoms with van der Waals surface area (Å²) in [7, 11) is 1.75. The lowest BCUT2D eigenvalue weighted by Crippen LogP contribution is -2.47. The van der Waals surface area contributed by atoms with Crippen molar-refractivity contribution in [1.29, 1.82) is 0 Å². The molecule has 6 nitrogen and oxygen atoms in total. The molecule has 6 N–H and O–H groups in total. The summed E-state index contributed by atoms with van der Waals surface area (Å²) < 4.78 is 0. The first-order valence-corrected chi connectivity index (χ1v) is 7.02. The van der Waals surface area contributed by atoms with Crippen LogP contribution in [-0.4, -0.2) is 44.4 Å². The Morgan fingerprint density at radius 1 is 1.11 bits per heavy atom. The molecule has 0 aliphatic carbocycles. The van der Waals surface area contributed by atoms with Gasteiger partial charge in [-0.2, -0.15) is 0 Å². The minimum absolute atomic E-state index is 0.121. The summed E-state index contributed by atoms with van der Waals surface area (Å²) in [4.78, 5) is 22.9. The number of carbonyl (C=O) groups excluding carboxylic acids is 2. The lowest BCUT2D eigenvalue weighted by atomic mass is 10.1. The number of hydrogen-bond acceptors (Lipinski definition) is 5. The maximum atomic E-state index is 12.0. The largest absolute Gasteiger partial charge is 0.345 e. The van der Waals surface area contributed by atoms with Gasteiger partial charge in [-0.3, -0.25) is 4.79 Å². The number of rotatable bonds is 12. The molecule has 1 amide bonds. The van der Waals surface area contributed by atoms with Crippen LogP contribution in [0.2, 0.25) is 0 Å². The van der Waals surface area contributed by atoms with Crippen molar-refractivity contribution in [3.8, 4) is 0 Å². The minimum Gasteiger partial charge on any atom is -0.345 e. The van der Waals surface area contributed by atoms with Crippen molar-refractivity contribution < 1.29 is 9.59 Å². The normalized spacial score (nSPS) is 13.8. The van der Waals surface area contributed by atoms with Crippen molar-refractivity contribution >= 4 is 12.2 Å². The molecule has 2 unspecified atom stereocenters. The van der Waals surface area contributed by atoms with Gasteiger partial charge in [-0.25, -0.2) is 0 Å². The maximum absolute atomic E-state index is 12.0. The number of nitrogens with one attached hydrogen (secondary N) is 2. The molecular formula is C13H28N4O2. The average molecular weight is 272 g/mol. The molecule has 19 heavy (non-hydrogen) atoms. The molecular weight excluding hydrogens is 244 g/mol. The molecule has 112 valence electrons. The van der Waals surface area contributed by atoms with Crippen LogP contribution < -0.4 is 22.1 Å². The van der Waals surface area contributed by atoms with Gasteiger partial charge >= 0.3 is 0 Å². The summed E-state index contributed by atoms with van der Waals surface area (Å²) in [6.45, 7) is 1.24. The molecule has 0 saturated heterocycles. The smallest absolute Gasteiger partial charge is 0.237 e. The zero-order valence-corrected chi connectivity index (χ0v) is 11.9. The molecule has 0 radical (unpaired) electrons. The van der Waals surface area contributed by atoms with Crippen LogP contribution in [0.3, 0.4) is 0 Å². The SMILES string of the molecule is CNC(CCCCN)C(=O)NC(C=O)CCCCN. The monoisotopic (exact) mass is 272 g/mol. The van der Waals surface area contributed by atoms with Crippen molar-refractivity contribution in [3.05, 3.63) is 0 Å². The second kappa shape index (κ2) is 12.1. The zero-order valence-electron chi connectivity index (χ0n) is 11.9. The first kappa shape index (κ1) is 18.0. The van der Waals surface area contributed by atoms with E-state index in [4.69, 9.17) is 11.5 Å². The Balaban J connectivity index is 4.08. The lowest BCUT2D eigenvalue weighted by Gasteiger charge is -2.19. The summed E-state index contributed by atoms with van der Waals surface area (Å²) in [6, 6.07) is -0.673. The number of unbranched alkanes of at least 4 members (excludes halogenated alkanes) is 2. The molecule has 0 fully saturated rings. The zero-order chi connectivity index (χ0) is 14.5. The summed E-state index contributed by atoms with van der Waals surface area (Å²) in [5.41, 5.74) is 10.8. The number of nitrogens with two attached hydrogens (primary N) is 2. The predicted octanol–water partition coefficient (Wildman–Crippen LogP) is -0.484. The highest BCUT2D eigenvalue weighted by Crippen LogP contribution is 2.03. The first-order valence-electron chi connectivity index (χ1n) is 7.02. The van der Waals surface area contributed by atoms with Gasteiger partial charge in [0.1, 0.15) is 6.29 Å². The van der Waals surface area contributed by atoms with Crippen molar-refractivity contribution in [2.24, 2.45) is 11.5 Å². The van der Waals surface area contributed by atoms with Gasteiger partial charge in [0.05, 0.1) is 12.1 Å². The third-order valence-electron chi connectivity index (χ3n) is 3.07. The van der Waals surface area contributed by atoms with Crippen LogP contribution in [0.15, 0.2) is 0 Å². The Morgan fingerprint density at radius 2 is 1.68 bits per heavy atom. The third kappa shape index (κ3) is 8.69. The molecule has 2 atom stereocenters. The van der Waals surface area contributed by atoms with E-state index in [1.807, 2.05) is 0 Å². The van der Waals surface area contributed by atoms with E-state index in [0.717, 1.165) is 38.4 Å². The predicted molar refractivity (Wildman–Crippen MR) is 76.7 cm³/mol. The van der Waals surface area contributed by atoms with Crippen LogP contribution in [0.5, 0.6) is 0 Å². The highest BCUT2D eigenvalue weighted by molar-refractivity contribution is 5.84. The second-order valence-corrected chi connectivity index (χ2v) is 4.66. The van der Waals surface area contributed by atoms with E-state index < -0.39 is 6.04 Å². The first-order chi connectivity index (χ1) is 9.19. The van der Waals surface area contributed by atoms with E-state index in [1.54, 1.807) is 7.05 Å². The van der Waals surface area contributed by atoms with E-state index in [0.29, 0.717) is 19.5 Å². The van der Waals surface area contributed by atoms with Crippen LogP contribution >= 0.6 is 0 Å². The molecule has 0 saturated carbocycles. The van der Waals surface area contributed by atoms with Gasteiger partial charge in [0.2, 0.25) is 5.91 Å². The Morgan fingerprint density at radius 3 is 2.16 bits per heavy atom. The van der Waals surface area contributed by atoms with Crippen LogP contribution in [0.1, 0.15) is 38.5 Å². The molecule has 0 heterocycles. The fourth-order valence-corrected chi connectivity index (χ4v) is 1.87. The topological polar surface area (TPSA) is 110 Å². The van der Waals surface area contributed by atoms with Gasteiger partial charge in [-0.15, -0.1) is 0 Å².